The summed E-state index contributed by atoms with van der Waals surface area (Å²) < 4.78 is 47.1. The summed E-state index contributed by atoms with van der Waals surface area (Å²) in [5.41, 5.74) is 4.68. The lowest BCUT2D eigenvalue weighted by molar-refractivity contribution is -0.143. The number of halogens is 3. The Morgan fingerprint density at radius 2 is 1.73 bits per heavy atom. The van der Waals surface area contributed by atoms with Crippen LogP contribution in [0.25, 0.3) is 27.9 Å². The number of benzene rings is 2. The highest BCUT2D eigenvalue weighted by molar-refractivity contribution is 5.95. The molecule has 0 bridgehead atoms. The molecule has 1 saturated heterocycles. The maximum atomic E-state index is 14.6. The summed E-state index contributed by atoms with van der Waals surface area (Å²) in [5, 5.41) is 8.34. The van der Waals surface area contributed by atoms with Crippen molar-refractivity contribution in [3.63, 3.8) is 0 Å². The number of para-hydroxylation sites is 1. The van der Waals surface area contributed by atoms with Gasteiger partial charge in [-0.05, 0) is 91.4 Å². The van der Waals surface area contributed by atoms with Gasteiger partial charge in [-0.1, -0.05) is 39.0 Å². The number of imidazole rings is 1. The third-order valence-corrected chi connectivity index (χ3v) is 11.4. The summed E-state index contributed by atoms with van der Waals surface area (Å²) in [7, 11) is 1.28. The minimum absolute atomic E-state index is 0.0643. The molecule has 0 saturated carbocycles. The van der Waals surface area contributed by atoms with Gasteiger partial charge in [-0.2, -0.15) is 23.3 Å². The fourth-order valence-electron chi connectivity index (χ4n) is 8.92. The maximum absolute atomic E-state index is 14.6. The lowest BCUT2D eigenvalue weighted by Crippen LogP contribution is -2.43. The normalized spacial score (nSPS) is 16.4. The van der Waals surface area contributed by atoms with E-state index in [0.717, 1.165) is 65.6 Å². The van der Waals surface area contributed by atoms with Gasteiger partial charge in [-0.15, -0.1) is 0 Å². The molecule has 0 spiro atoms. The minimum atomic E-state index is -4.54. The van der Waals surface area contributed by atoms with E-state index in [4.69, 9.17) is 4.98 Å². The first kappa shape index (κ1) is 39.2. The molecule has 0 aliphatic carbocycles. The molecule has 7 aromatic rings. The van der Waals surface area contributed by atoms with Crippen LogP contribution in [0.5, 0.6) is 0 Å². The quantitative estimate of drug-likeness (QED) is 0.169. The Bertz CT molecular complexity index is 2780. The second-order valence-electron chi connectivity index (χ2n) is 17.0. The van der Waals surface area contributed by atoms with Gasteiger partial charge in [0.05, 0.1) is 36.7 Å². The van der Waals surface area contributed by atoms with Gasteiger partial charge in [0.25, 0.3) is 5.91 Å². The van der Waals surface area contributed by atoms with E-state index in [9.17, 15) is 22.8 Å². The smallest absolute Gasteiger partial charge is 0.332 e. The third-order valence-electron chi connectivity index (χ3n) is 11.4. The van der Waals surface area contributed by atoms with Crippen LogP contribution in [0.1, 0.15) is 72.7 Å². The van der Waals surface area contributed by atoms with Crippen molar-refractivity contribution in [2.24, 2.45) is 12.5 Å². The van der Waals surface area contributed by atoms with Crippen LogP contribution < -0.4 is 11.0 Å². The number of carbonyl (C=O) groups excluding carboxylic acids is 1. The molecule has 1 fully saturated rings. The SMILES string of the molecule is Cn1nc(Cn2c3c(c4cccnc42)CCN(C(=O)c2ccc(-n4c(=O)n(C5CCCN(CC(C)(C)C)C5)c5nc(Nc6ccccc6)ncc54)cc2)C3)cc1C(F)(F)F. The number of hydrogen-bond donors (Lipinski definition) is 1. The largest absolute Gasteiger partial charge is 0.433 e. The van der Waals surface area contributed by atoms with Crippen molar-refractivity contribution in [3.05, 3.63) is 124 Å². The van der Waals surface area contributed by atoms with Crippen LogP contribution in [0.3, 0.4) is 0 Å². The van der Waals surface area contributed by atoms with Crippen LogP contribution in [-0.4, -0.2) is 80.3 Å². The monoisotopic (exact) mass is 817 g/mol. The second kappa shape index (κ2) is 15.1. The van der Waals surface area contributed by atoms with Gasteiger partial charge in [-0.3, -0.25) is 18.6 Å². The van der Waals surface area contributed by atoms with Gasteiger partial charge >= 0.3 is 11.9 Å². The number of aromatic nitrogens is 8. The minimum Gasteiger partial charge on any atom is -0.332 e. The number of aryl methyl sites for hydroxylation is 1. The van der Waals surface area contributed by atoms with E-state index in [1.54, 1.807) is 46.1 Å². The number of amides is 1. The molecule has 1 N–H and O–H groups in total. The second-order valence-corrected chi connectivity index (χ2v) is 17.0. The zero-order valence-corrected chi connectivity index (χ0v) is 33.9. The van der Waals surface area contributed by atoms with Gasteiger partial charge in [0.2, 0.25) is 5.95 Å². The van der Waals surface area contributed by atoms with E-state index in [0.29, 0.717) is 47.0 Å². The molecule has 2 aromatic carbocycles. The molecule has 16 heteroatoms. The van der Waals surface area contributed by atoms with Gasteiger partial charge in [0, 0.05) is 55.2 Å². The number of nitrogens with one attached hydrogen (secondary N) is 1. The van der Waals surface area contributed by atoms with E-state index in [2.05, 4.69) is 46.1 Å². The molecule has 1 atom stereocenters. The van der Waals surface area contributed by atoms with Crippen molar-refractivity contribution in [2.45, 2.75) is 65.3 Å². The Morgan fingerprint density at radius 3 is 2.47 bits per heavy atom. The van der Waals surface area contributed by atoms with E-state index < -0.39 is 11.9 Å². The van der Waals surface area contributed by atoms with E-state index in [1.807, 2.05) is 51.6 Å². The lowest BCUT2D eigenvalue weighted by Gasteiger charge is -2.36. The average Bonchev–Trinajstić information content (AvgIpc) is 3.85. The molecule has 13 nitrogen and oxygen atoms in total. The number of likely N-dealkylation sites (tertiary alicyclic amines) is 1. The van der Waals surface area contributed by atoms with Crippen molar-refractivity contribution in [3.8, 4) is 5.69 Å². The van der Waals surface area contributed by atoms with Crippen molar-refractivity contribution in [2.75, 3.05) is 31.5 Å². The topological polar surface area (TPSA) is 124 Å². The zero-order chi connectivity index (χ0) is 41.9. The molecule has 1 unspecified atom stereocenters. The number of hydrogen-bond acceptors (Lipinski definition) is 8. The van der Waals surface area contributed by atoms with Crippen molar-refractivity contribution in [1.29, 1.82) is 0 Å². The molecular weight excluding hydrogens is 772 g/mol. The Labute approximate surface area is 344 Å². The van der Waals surface area contributed by atoms with Gasteiger partial charge in [-0.25, -0.2) is 14.8 Å². The number of carbonyl (C=O) groups is 1. The molecule has 5 aromatic heterocycles. The number of anilines is 2. The molecule has 7 heterocycles. The molecule has 0 radical (unpaired) electrons. The zero-order valence-electron chi connectivity index (χ0n) is 33.9. The third kappa shape index (κ3) is 7.44. The summed E-state index contributed by atoms with van der Waals surface area (Å²) in [4.78, 5) is 47.1. The first-order valence-electron chi connectivity index (χ1n) is 20.2. The number of alkyl halides is 3. The highest BCUT2D eigenvalue weighted by Crippen LogP contribution is 2.34. The van der Waals surface area contributed by atoms with Gasteiger partial charge in [0.1, 0.15) is 16.9 Å². The molecule has 2 aliphatic heterocycles. The van der Waals surface area contributed by atoms with Crippen molar-refractivity contribution >= 4 is 39.7 Å². The Morgan fingerprint density at radius 1 is 0.950 bits per heavy atom. The fraction of sp³-hybridized carbons (Fsp3) is 0.364. The highest BCUT2D eigenvalue weighted by atomic mass is 19.4. The summed E-state index contributed by atoms with van der Waals surface area (Å²) in [6.07, 6.45) is 1.13. The van der Waals surface area contributed by atoms with Gasteiger partial charge in [0.15, 0.2) is 5.65 Å². The summed E-state index contributed by atoms with van der Waals surface area (Å²) >= 11 is 0. The summed E-state index contributed by atoms with van der Waals surface area (Å²) in [6.45, 7) is 10.0. The summed E-state index contributed by atoms with van der Waals surface area (Å²) in [6, 6.07) is 21.4. The maximum Gasteiger partial charge on any atom is 0.433 e. The van der Waals surface area contributed by atoms with Crippen LogP contribution in [0.15, 0.2) is 90.0 Å². The highest BCUT2D eigenvalue weighted by Gasteiger charge is 2.36. The first-order valence-corrected chi connectivity index (χ1v) is 20.2. The van der Waals surface area contributed by atoms with E-state index >= 15 is 0 Å². The number of pyridine rings is 1. The van der Waals surface area contributed by atoms with Crippen molar-refractivity contribution in [1.82, 2.24) is 48.2 Å². The molecular formula is C44H46F3N11O2. The number of rotatable bonds is 8. The molecule has 60 heavy (non-hydrogen) atoms. The Balaban J connectivity index is 1.02. The summed E-state index contributed by atoms with van der Waals surface area (Å²) in [5.74, 6) is 0.179. The predicted octanol–water partition coefficient (Wildman–Crippen LogP) is 7.36. The van der Waals surface area contributed by atoms with E-state index in [1.165, 1.54) is 7.05 Å². The number of fused-ring (bicyclic) bond motifs is 4. The van der Waals surface area contributed by atoms with Crippen molar-refractivity contribution < 1.29 is 18.0 Å². The predicted molar refractivity (Wildman–Crippen MR) is 223 cm³/mol. The van der Waals surface area contributed by atoms with Crippen LogP contribution >= 0.6 is 0 Å². The van der Waals surface area contributed by atoms with Gasteiger partial charge < -0.3 is 19.7 Å². The number of piperidine rings is 1. The Kier molecular flexibility index (Phi) is 9.84. The van der Waals surface area contributed by atoms with Crippen LogP contribution in [0.2, 0.25) is 0 Å². The van der Waals surface area contributed by atoms with Crippen LogP contribution in [0.4, 0.5) is 24.8 Å². The number of nitrogens with zero attached hydrogens (tertiary/aromatic N) is 10. The van der Waals surface area contributed by atoms with Crippen LogP contribution in [0, 0.1) is 5.41 Å². The molecule has 2 aliphatic rings. The van der Waals surface area contributed by atoms with E-state index in [-0.39, 0.29) is 41.8 Å². The first-order chi connectivity index (χ1) is 28.7. The lowest BCUT2D eigenvalue weighted by atomic mass is 9.94. The molecule has 1 amide bonds. The Hall–Kier alpha value is -6.29. The molecule has 310 valence electrons. The standard InChI is InChI=1S/C44H46F3N11O2/c1-43(2,3)27-54-20-9-12-32(25-54)58-39-35(23-49-41(51-39)50-29-10-6-5-7-11-29)57(42(58)60)31-16-14-28(15-17-31)40(59)55-21-18-33-34-13-8-19-48-38(34)56(36(33)26-55)24-30-22-37(44(45,46)47)53(4)52-30/h5-8,10-11,13-17,19,22-23,32H,9,12,18,20-21,24-27H2,1-4H3,(H,49,50,51). The fourth-order valence-corrected chi connectivity index (χ4v) is 8.92. The average molecular weight is 818 g/mol. The van der Waals surface area contributed by atoms with Crippen LogP contribution in [-0.2, 0) is 32.7 Å². The molecule has 9 rings (SSSR count).